The number of nitrogens with one attached hydrogen (secondary N) is 2. The van der Waals surface area contributed by atoms with E-state index in [1.165, 1.54) is 25.7 Å². The van der Waals surface area contributed by atoms with E-state index in [-0.39, 0.29) is 11.9 Å². The molecule has 0 aromatic heterocycles. The number of ether oxygens (including phenoxy) is 2. The lowest BCUT2D eigenvalue weighted by atomic mass is 9.82. The van der Waals surface area contributed by atoms with Gasteiger partial charge >= 0.3 is 0 Å². The van der Waals surface area contributed by atoms with Crippen LogP contribution in [0, 0.1) is 11.8 Å². The van der Waals surface area contributed by atoms with Gasteiger partial charge in [0.25, 0.3) is 0 Å². The zero-order valence-corrected chi connectivity index (χ0v) is 15.9. The standard InChI is InChI=1S/C20H32N2O3/c1-14-6-5-7-16(10-14)13-21-15(2)11-20(23)22-18-9-8-17(24-3)12-19(18)25-4/h8-9,12,14-16,21H,5-7,10-11,13H2,1-4H3,(H,22,23). The molecule has 0 radical (unpaired) electrons. The first kappa shape index (κ1) is 19.6. The van der Waals surface area contributed by atoms with Gasteiger partial charge in [0.15, 0.2) is 0 Å². The summed E-state index contributed by atoms with van der Waals surface area (Å²) in [7, 11) is 3.19. The highest BCUT2D eigenvalue weighted by atomic mass is 16.5. The van der Waals surface area contributed by atoms with Crippen LogP contribution in [0.5, 0.6) is 11.5 Å². The Labute approximate surface area is 151 Å². The number of amides is 1. The lowest BCUT2D eigenvalue weighted by molar-refractivity contribution is -0.116. The summed E-state index contributed by atoms with van der Waals surface area (Å²) in [5.74, 6) is 2.87. The molecule has 1 aromatic carbocycles. The molecule has 2 rings (SSSR count). The largest absolute Gasteiger partial charge is 0.497 e. The van der Waals surface area contributed by atoms with Crippen LogP contribution in [-0.4, -0.2) is 32.7 Å². The van der Waals surface area contributed by atoms with Crippen molar-refractivity contribution in [3.63, 3.8) is 0 Å². The van der Waals surface area contributed by atoms with E-state index in [0.717, 1.165) is 18.4 Å². The summed E-state index contributed by atoms with van der Waals surface area (Å²) in [4.78, 5) is 12.3. The minimum atomic E-state index is -0.0134. The van der Waals surface area contributed by atoms with Gasteiger partial charge in [-0.1, -0.05) is 19.8 Å². The predicted octanol–water partition coefficient (Wildman–Crippen LogP) is 3.84. The minimum absolute atomic E-state index is 0.0134. The first-order valence-corrected chi connectivity index (χ1v) is 9.27. The number of hydrogen-bond acceptors (Lipinski definition) is 4. The normalized spacial score (nSPS) is 21.4. The zero-order valence-electron chi connectivity index (χ0n) is 15.9. The Hall–Kier alpha value is -1.75. The van der Waals surface area contributed by atoms with Crippen molar-refractivity contribution in [3.8, 4) is 11.5 Å². The number of benzene rings is 1. The molecule has 1 fully saturated rings. The second-order valence-electron chi connectivity index (χ2n) is 7.27. The fourth-order valence-corrected chi connectivity index (χ4v) is 3.57. The first-order chi connectivity index (χ1) is 12.0. The summed E-state index contributed by atoms with van der Waals surface area (Å²) < 4.78 is 10.5. The molecule has 3 atom stereocenters. The van der Waals surface area contributed by atoms with E-state index in [1.54, 1.807) is 26.4 Å². The quantitative estimate of drug-likeness (QED) is 0.749. The molecule has 0 bridgehead atoms. The molecule has 5 heteroatoms. The fourth-order valence-electron chi connectivity index (χ4n) is 3.57. The van der Waals surface area contributed by atoms with E-state index in [9.17, 15) is 4.79 Å². The summed E-state index contributed by atoms with van der Waals surface area (Å²) >= 11 is 0. The molecule has 0 spiro atoms. The Balaban J connectivity index is 1.79. The molecule has 1 amide bonds. The molecule has 1 aliphatic carbocycles. The Bertz CT molecular complexity index is 562. The van der Waals surface area contributed by atoms with Gasteiger partial charge in [0.05, 0.1) is 19.9 Å². The van der Waals surface area contributed by atoms with Gasteiger partial charge in [-0.2, -0.15) is 0 Å². The third-order valence-corrected chi connectivity index (χ3v) is 4.97. The molecule has 1 saturated carbocycles. The highest BCUT2D eigenvalue weighted by Crippen LogP contribution is 2.29. The van der Waals surface area contributed by atoms with Crippen molar-refractivity contribution in [2.45, 2.75) is 52.0 Å². The third kappa shape index (κ3) is 6.24. The van der Waals surface area contributed by atoms with Crippen LogP contribution in [0.3, 0.4) is 0 Å². The minimum Gasteiger partial charge on any atom is -0.497 e. The first-order valence-electron chi connectivity index (χ1n) is 9.27. The number of carbonyl (C=O) groups is 1. The molecular formula is C20H32N2O3. The number of rotatable bonds is 8. The molecule has 25 heavy (non-hydrogen) atoms. The topological polar surface area (TPSA) is 59.6 Å². The summed E-state index contributed by atoms with van der Waals surface area (Å²) in [5.41, 5.74) is 0.668. The second-order valence-corrected chi connectivity index (χ2v) is 7.27. The zero-order chi connectivity index (χ0) is 18.2. The highest BCUT2D eigenvalue weighted by molar-refractivity contribution is 5.92. The van der Waals surface area contributed by atoms with Crippen LogP contribution < -0.4 is 20.1 Å². The molecule has 0 saturated heterocycles. The molecule has 140 valence electrons. The van der Waals surface area contributed by atoms with Crippen molar-refractivity contribution in [2.24, 2.45) is 11.8 Å². The smallest absolute Gasteiger partial charge is 0.226 e. The van der Waals surface area contributed by atoms with E-state index in [4.69, 9.17) is 9.47 Å². The second kappa shape index (κ2) is 9.66. The van der Waals surface area contributed by atoms with Crippen LogP contribution in [-0.2, 0) is 4.79 Å². The molecule has 5 nitrogen and oxygen atoms in total. The Morgan fingerprint density at radius 1 is 1.28 bits per heavy atom. The van der Waals surface area contributed by atoms with Crippen molar-refractivity contribution in [2.75, 3.05) is 26.1 Å². The lowest BCUT2D eigenvalue weighted by Crippen LogP contribution is -2.35. The van der Waals surface area contributed by atoms with E-state index >= 15 is 0 Å². The van der Waals surface area contributed by atoms with Crippen LogP contribution >= 0.6 is 0 Å². The number of methoxy groups -OCH3 is 2. The van der Waals surface area contributed by atoms with Gasteiger partial charge in [-0.15, -0.1) is 0 Å². The highest BCUT2D eigenvalue weighted by Gasteiger charge is 2.19. The number of carbonyl (C=O) groups excluding carboxylic acids is 1. The molecule has 0 heterocycles. The van der Waals surface area contributed by atoms with Gasteiger partial charge in [0.1, 0.15) is 11.5 Å². The van der Waals surface area contributed by atoms with Crippen molar-refractivity contribution < 1.29 is 14.3 Å². The average molecular weight is 348 g/mol. The Kier molecular flexibility index (Phi) is 7.56. The van der Waals surface area contributed by atoms with Crippen molar-refractivity contribution >= 4 is 11.6 Å². The van der Waals surface area contributed by atoms with Crippen LogP contribution in [0.1, 0.15) is 46.0 Å². The summed E-state index contributed by atoms with van der Waals surface area (Å²) in [5, 5.41) is 6.45. The van der Waals surface area contributed by atoms with Gasteiger partial charge in [0.2, 0.25) is 5.91 Å². The SMILES string of the molecule is COc1ccc(NC(=O)CC(C)NCC2CCCC(C)C2)c(OC)c1. The fraction of sp³-hybridized carbons (Fsp3) is 0.650. The van der Waals surface area contributed by atoms with Crippen LogP contribution in [0.25, 0.3) is 0 Å². The maximum atomic E-state index is 12.3. The predicted molar refractivity (Wildman–Crippen MR) is 101 cm³/mol. The van der Waals surface area contributed by atoms with Gasteiger partial charge in [0, 0.05) is 18.5 Å². The number of anilines is 1. The van der Waals surface area contributed by atoms with E-state index in [2.05, 4.69) is 24.5 Å². The summed E-state index contributed by atoms with van der Waals surface area (Å²) in [6, 6.07) is 5.53. The molecule has 2 N–H and O–H groups in total. The van der Waals surface area contributed by atoms with Gasteiger partial charge in [-0.25, -0.2) is 0 Å². The van der Waals surface area contributed by atoms with Gasteiger partial charge < -0.3 is 20.1 Å². The average Bonchev–Trinajstić information content (AvgIpc) is 2.60. The summed E-state index contributed by atoms with van der Waals surface area (Å²) in [6.07, 6.45) is 5.74. The van der Waals surface area contributed by atoms with Crippen molar-refractivity contribution in [3.05, 3.63) is 18.2 Å². The number of hydrogen-bond donors (Lipinski definition) is 2. The monoisotopic (exact) mass is 348 g/mol. The van der Waals surface area contributed by atoms with E-state index in [1.807, 2.05) is 6.07 Å². The lowest BCUT2D eigenvalue weighted by Gasteiger charge is -2.28. The maximum Gasteiger partial charge on any atom is 0.226 e. The molecule has 1 aromatic rings. The van der Waals surface area contributed by atoms with Gasteiger partial charge in [-0.3, -0.25) is 4.79 Å². The van der Waals surface area contributed by atoms with Crippen LogP contribution in [0.2, 0.25) is 0 Å². The third-order valence-electron chi connectivity index (χ3n) is 4.97. The van der Waals surface area contributed by atoms with Crippen molar-refractivity contribution in [1.82, 2.24) is 5.32 Å². The van der Waals surface area contributed by atoms with Crippen LogP contribution in [0.15, 0.2) is 18.2 Å². The van der Waals surface area contributed by atoms with Crippen molar-refractivity contribution in [1.29, 1.82) is 0 Å². The van der Waals surface area contributed by atoms with E-state index < -0.39 is 0 Å². The van der Waals surface area contributed by atoms with Crippen LogP contribution in [0.4, 0.5) is 5.69 Å². The summed E-state index contributed by atoms with van der Waals surface area (Å²) in [6.45, 7) is 5.41. The molecule has 0 aliphatic heterocycles. The maximum absolute atomic E-state index is 12.3. The molecule has 1 aliphatic rings. The van der Waals surface area contributed by atoms with Gasteiger partial charge in [-0.05, 0) is 50.3 Å². The molecule has 3 unspecified atom stereocenters. The Morgan fingerprint density at radius 2 is 2.08 bits per heavy atom. The van der Waals surface area contributed by atoms with E-state index in [0.29, 0.717) is 23.6 Å². The Morgan fingerprint density at radius 3 is 2.76 bits per heavy atom. The molecular weight excluding hydrogens is 316 g/mol.